The molecule has 2 rings (SSSR count). The number of hydrogen-bond acceptors (Lipinski definition) is 3. The first-order chi connectivity index (χ1) is 10.0. The smallest absolute Gasteiger partial charge is 0.326 e. The van der Waals surface area contributed by atoms with Gasteiger partial charge in [-0.2, -0.15) is 11.8 Å². The summed E-state index contributed by atoms with van der Waals surface area (Å²) in [6.45, 7) is 0.752. The second-order valence-electron chi connectivity index (χ2n) is 6.44. The quantitative estimate of drug-likeness (QED) is 0.756. The van der Waals surface area contributed by atoms with Crippen molar-refractivity contribution in [1.82, 2.24) is 10.2 Å². The average molecular weight is 314 g/mol. The van der Waals surface area contributed by atoms with Gasteiger partial charge < -0.3 is 15.3 Å². The molecule has 0 heterocycles. The minimum absolute atomic E-state index is 0.258. The second-order valence-corrected chi connectivity index (χ2v) is 7.42. The molecule has 0 radical (unpaired) electrons. The van der Waals surface area contributed by atoms with Gasteiger partial charge in [0.05, 0.1) is 0 Å². The van der Waals surface area contributed by atoms with Crippen molar-refractivity contribution in [3.63, 3.8) is 0 Å². The SMILES string of the molecule is CSCC[C@@H](NC(=O)N(C)CC1CC2CCC1C2)C(=O)O. The number of carbonyl (C=O) groups is 2. The van der Waals surface area contributed by atoms with Gasteiger partial charge in [0.15, 0.2) is 0 Å². The molecule has 2 bridgehead atoms. The van der Waals surface area contributed by atoms with Gasteiger partial charge in [-0.05, 0) is 55.4 Å². The van der Waals surface area contributed by atoms with Gasteiger partial charge in [-0.3, -0.25) is 0 Å². The molecular formula is C15H26N2O3S. The Morgan fingerprint density at radius 2 is 2.14 bits per heavy atom. The van der Waals surface area contributed by atoms with Crippen LogP contribution in [0.3, 0.4) is 0 Å². The molecule has 2 N–H and O–H groups in total. The number of thioether (sulfide) groups is 1. The number of urea groups is 1. The molecule has 21 heavy (non-hydrogen) atoms. The summed E-state index contributed by atoms with van der Waals surface area (Å²) >= 11 is 1.59. The van der Waals surface area contributed by atoms with Crippen LogP contribution in [0.4, 0.5) is 4.79 Å². The molecule has 0 saturated heterocycles. The fourth-order valence-corrected chi connectivity index (χ4v) is 4.26. The summed E-state index contributed by atoms with van der Waals surface area (Å²) in [5, 5.41) is 11.8. The lowest BCUT2D eigenvalue weighted by molar-refractivity contribution is -0.139. The number of carboxylic acid groups (broad SMARTS) is 1. The fourth-order valence-electron chi connectivity index (χ4n) is 3.79. The summed E-state index contributed by atoms with van der Waals surface area (Å²) in [6.07, 6.45) is 7.61. The van der Waals surface area contributed by atoms with Crippen molar-refractivity contribution in [2.75, 3.05) is 25.6 Å². The highest BCUT2D eigenvalue weighted by atomic mass is 32.2. The van der Waals surface area contributed by atoms with E-state index in [9.17, 15) is 9.59 Å². The molecule has 4 atom stereocenters. The third-order valence-electron chi connectivity index (χ3n) is 4.95. The lowest BCUT2D eigenvalue weighted by Gasteiger charge is -2.28. The van der Waals surface area contributed by atoms with E-state index in [0.29, 0.717) is 12.3 Å². The summed E-state index contributed by atoms with van der Waals surface area (Å²) in [5.74, 6) is 2.02. The maximum absolute atomic E-state index is 12.2. The fraction of sp³-hybridized carbons (Fsp3) is 0.867. The summed E-state index contributed by atoms with van der Waals surface area (Å²) < 4.78 is 0. The molecule has 0 aromatic heterocycles. The molecule has 2 aliphatic rings. The topological polar surface area (TPSA) is 69.6 Å². The van der Waals surface area contributed by atoms with Crippen LogP contribution in [-0.4, -0.2) is 53.6 Å². The van der Waals surface area contributed by atoms with Crippen LogP contribution < -0.4 is 5.32 Å². The normalized spacial score (nSPS) is 28.4. The molecule has 0 spiro atoms. The number of amides is 2. The Morgan fingerprint density at radius 3 is 2.67 bits per heavy atom. The van der Waals surface area contributed by atoms with Crippen molar-refractivity contribution in [2.45, 2.75) is 38.1 Å². The van der Waals surface area contributed by atoms with Crippen LogP contribution >= 0.6 is 11.8 Å². The van der Waals surface area contributed by atoms with E-state index in [1.807, 2.05) is 6.26 Å². The Kier molecular flexibility index (Phi) is 5.79. The Morgan fingerprint density at radius 1 is 1.38 bits per heavy atom. The van der Waals surface area contributed by atoms with Crippen molar-refractivity contribution in [2.24, 2.45) is 17.8 Å². The highest BCUT2D eigenvalue weighted by molar-refractivity contribution is 7.98. The van der Waals surface area contributed by atoms with E-state index in [4.69, 9.17) is 5.11 Å². The first-order valence-electron chi connectivity index (χ1n) is 7.74. The van der Waals surface area contributed by atoms with E-state index in [0.717, 1.165) is 24.1 Å². The third kappa shape index (κ3) is 4.28. The third-order valence-corrected chi connectivity index (χ3v) is 5.59. The molecule has 2 amide bonds. The van der Waals surface area contributed by atoms with Crippen molar-refractivity contribution in [1.29, 1.82) is 0 Å². The minimum atomic E-state index is -0.953. The summed E-state index contributed by atoms with van der Waals surface area (Å²) in [7, 11) is 1.77. The number of carboxylic acids is 1. The zero-order valence-electron chi connectivity index (χ0n) is 12.9. The van der Waals surface area contributed by atoms with Crippen LogP contribution in [0.25, 0.3) is 0 Å². The number of hydrogen-bond donors (Lipinski definition) is 2. The molecule has 0 aromatic carbocycles. The first kappa shape index (κ1) is 16.5. The Labute approximate surface area is 130 Å². The van der Waals surface area contributed by atoms with E-state index in [-0.39, 0.29) is 6.03 Å². The molecule has 3 unspecified atom stereocenters. The van der Waals surface area contributed by atoms with Gasteiger partial charge in [-0.1, -0.05) is 6.42 Å². The van der Waals surface area contributed by atoms with Gasteiger partial charge in [0.25, 0.3) is 0 Å². The molecule has 6 heteroatoms. The summed E-state index contributed by atoms with van der Waals surface area (Å²) in [5.41, 5.74) is 0. The Balaban J connectivity index is 1.79. The standard InChI is InChI=1S/C15H26N2O3S/c1-17(9-12-8-10-3-4-11(12)7-10)15(20)16-13(14(18)19)5-6-21-2/h10-13H,3-9H2,1-2H3,(H,16,20)(H,18,19)/t10?,11?,12?,13-/m1/s1. The summed E-state index contributed by atoms with van der Waals surface area (Å²) in [6, 6.07) is -1.04. The van der Waals surface area contributed by atoms with Crippen molar-refractivity contribution < 1.29 is 14.7 Å². The molecule has 5 nitrogen and oxygen atoms in total. The maximum Gasteiger partial charge on any atom is 0.326 e. The summed E-state index contributed by atoms with van der Waals surface area (Å²) in [4.78, 5) is 25.0. The predicted molar refractivity (Wildman–Crippen MR) is 84.5 cm³/mol. The van der Waals surface area contributed by atoms with E-state index in [2.05, 4.69) is 5.32 Å². The number of nitrogens with one attached hydrogen (secondary N) is 1. The van der Waals surface area contributed by atoms with Gasteiger partial charge in [0.2, 0.25) is 0 Å². The molecule has 0 aliphatic heterocycles. The van der Waals surface area contributed by atoms with Crippen LogP contribution in [0.15, 0.2) is 0 Å². The Bertz CT molecular complexity index is 391. The molecular weight excluding hydrogens is 288 g/mol. The molecule has 0 aromatic rings. The monoisotopic (exact) mass is 314 g/mol. The van der Waals surface area contributed by atoms with E-state index in [1.165, 1.54) is 25.7 Å². The van der Waals surface area contributed by atoms with Crippen LogP contribution in [-0.2, 0) is 4.79 Å². The average Bonchev–Trinajstić information content (AvgIpc) is 3.05. The lowest BCUT2D eigenvalue weighted by atomic mass is 9.88. The van der Waals surface area contributed by atoms with E-state index >= 15 is 0 Å². The number of nitrogens with zero attached hydrogens (tertiary/aromatic N) is 1. The van der Waals surface area contributed by atoms with Crippen LogP contribution in [0.2, 0.25) is 0 Å². The Hall–Kier alpha value is -0.910. The zero-order chi connectivity index (χ0) is 15.4. The highest BCUT2D eigenvalue weighted by Gasteiger charge is 2.40. The van der Waals surface area contributed by atoms with Crippen LogP contribution in [0.1, 0.15) is 32.1 Å². The second kappa shape index (κ2) is 7.38. The number of aliphatic carboxylic acids is 1. The molecule has 120 valence electrons. The number of carbonyl (C=O) groups excluding carboxylic acids is 1. The van der Waals surface area contributed by atoms with Crippen molar-refractivity contribution in [3.05, 3.63) is 0 Å². The minimum Gasteiger partial charge on any atom is -0.480 e. The number of rotatable bonds is 7. The molecule has 2 aliphatic carbocycles. The molecule has 2 fully saturated rings. The molecule has 2 saturated carbocycles. The van der Waals surface area contributed by atoms with Gasteiger partial charge >= 0.3 is 12.0 Å². The lowest BCUT2D eigenvalue weighted by Crippen LogP contribution is -2.48. The van der Waals surface area contributed by atoms with Crippen molar-refractivity contribution >= 4 is 23.8 Å². The van der Waals surface area contributed by atoms with Crippen LogP contribution in [0, 0.1) is 17.8 Å². The van der Waals surface area contributed by atoms with E-state index in [1.54, 1.807) is 23.7 Å². The predicted octanol–water partition coefficient (Wildman–Crippen LogP) is 2.27. The van der Waals surface area contributed by atoms with Crippen LogP contribution in [0.5, 0.6) is 0 Å². The largest absolute Gasteiger partial charge is 0.480 e. The van der Waals surface area contributed by atoms with Gasteiger partial charge in [0.1, 0.15) is 6.04 Å². The van der Waals surface area contributed by atoms with E-state index < -0.39 is 12.0 Å². The van der Waals surface area contributed by atoms with Crippen molar-refractivity contribution in [3.8, 4) is 0 Å². The first-order valence-corrected chi connectivity index (χ1v) is 9.14. The van der Waals surface area contributed by atoms with Gasteiger partial charge in [0, 0.05) is 13.6 Å². The van der Waals surface area contributed by atoms with Gasteiger partial charge in [-0.25, -0.2) is 9.59 Å². The highest BCUT2D eigenvalue weighted by Crippen LogP contribution is 2.48. The maximum atomic E-state index is 12.2. The zero-order valence-corrected chi connectivity index (χ0v) is 13.7. The number of fused-ring (bicyclic) bond motifs is 2. The van der Waals surface area contributed by atoms with Gasteiger partial charge in [-0.15, -0.1) is 0 Å².